The molecule has 1 atom stereocenters. The van der Waals surface area contributed by atoms with Crippen molar-refractivity contribution in [2.24, 2.45) is 5.41 Å². The SMILES string of the molecule is Cc1cc(C(=O)NC(CCO)C(C)(C)C)sc1C. The van der Waals surface area contributed by atoms with Gasteiger partial charge in [0.15, 0.2) is 0 Å². The normalized spacial score (nSPS) is 13.4. The predicted molar refractivity (Wildman–Crippen MR) is 76.2 cm³/mol. The molecule has 0 fully saturated rings. The van der Waals surface area contributed by atoms with Crippen molar-refractivity contribution in [3.8, 4) is 0 Å². The van der Waals surface area contributed by atoms with E-state index in [0.29, 0.717) is 6.42 Å². The van der Waals surface area contributed by atoms with Gasteiger partial charge in [-0.3, -0.25) is 4.79 Å². The summed E-state index contributed by atoms with van der Waals surface area (Å²) in [7, 11) is 0. The third kappa shape index (κ3) is 3.82. The summed E-state index contributed by atoms with van der Waals surface area (Å²) in [6.45, 7) is 10.3. The van der Waals surface area contributed by atoms with Crippen molar-refractivity contribution in [1.82, 2.24) is 5.32 Å². The van der Waals surface area contributed by atoms with Crippen LogP contribution in [0.2, 0.25) is 0 Å². The fraction of sp³-hybridized carbons (Fsp3) is 0.643. The van der Waals surface area contributed by atoms with Crippen LogP contribution in [0.3, 0.4) is 0 Å². The summed E-state index contributed by atoms with van der Waals surface area (Å²) in [6, 6.07) is 1.91. The fourth-order valence-electron chi connectivity index (χ4n) is 1.77. The third-order valence-electron chi connectivity index (χ3n) is 3.16. The number of aliphatic hydroxyl groups excluding tert-OH is 1. The van der Waals surface area contributed by atoms with E-state index in [2.05, 4.69) is 26.1 Å². The Hall–Kier alpha value is -0.870. The Kier molecular flexibility index (Phi) is 4.93. The average Bonchev–Trinajstić information content (AvgIpc) is 2.57. The van der Waals surface area contributed by atoms with Crippen molar-refractivity contribution in [1.29, 1.82) is 0 Å². The molecule has 0 saturated carbocycles. The lowest BCUT2D eigenvalue weighted by Gasteiger charge is -2.30. The molecule has 4 heteroatoms. The number of thiophene rings is 1. The number of aryl methyl sites for hydroxylation is 2. The van der Waals surface area contributed by atoms with Gasteiger partial charge in [-0.15, -0.1) is 11.3 Å². The van der Waals surface area contributed by atoms with Gasteiger partial charge >= 0.3 is 0 Å². The molecule has 1 aromatic rings. The number of hydrogen-bond donors (Lipinski definition) is 2. The van der Waals surface area contributed by atoms with Gasteiger partial charge in [-0.25, -0.2) is 0 Å². The number of carbonyl (C=O) groups is 1. The molecular formula is C14H23NO2S. The Morgan fingerprint density at radius 3 is 2.44 bits per heavy atom. The van der Waals surface area contributed by atoms with E-state index in [1.807, 2.05) is 19.9 Å². The van der Waals surface area contributed by atoms with Crippen LogP contribution in [0.4, 0.5) is 0 Å². The second kappa shape index (κ2) is 5.85. The van der Waals surface area contributed by atoms with Gasteiger partial charge in [-0.05, 0) is 37.3 Å². The molecule has 3 nitrogen and oxygen atoms in total. The minimum absolute atomic E-state index is 0.0160. The zero-order chi connectivity index (χ0) is 13.9. The molecule has 1 unspecified atom stereocenters. The van der Waals surface area contributed by atoms with Crippen LogP contribution >= 0.6 is 11.3 Å². The van der Waals surface area contributed by atoms with E-state index in [-0.39, 0.29) is 24.0 Å². The Labute approximate surface area is 113 Å². The summed E-state index contributed by atoms with van der Waals surface area (Å²) in [5, 5.41) is 12.1. The Morgan fingerprint density at radius 1 is 1.44 bits per heavy atom. The molecule has 0 bridgehead atoms. The molecule has 0 aliphatic carbocycles. The number of aliphatic hydroxyl groups is 1. The van der Waals surface area contributed by atoms with Gasteiger partial charge in [0.05, 0.1) is 4.88 Å². The summed E-state index contributed by atoms with van der Waals surface area (Å²) < 4.78 is 0. The highest BCUT2D eigenvalue weighted by Gasteiger charge is 2.26. The summed E-state index contributed by atoms with van der Waals surface area (Å²) in [5.41, 5.74) is 1.10. The highest BCUT2D eigenvalue weighted by atomic mass is 32.1. The number of rotatable bonds is 4. The van der Waals surface area contributed by atoms with Gasteiger partial charge < -0.3 is 10.4 Å². The minimum Gasteiger partial charge on any atom is -0.396 e. The molecule has 1 heterocycles. The van der Waals surface area contributed by atoms with Crippen LogP contribution in [0.1, 0.15) is 47.3 Å². The zero-order valence-electron chi connectivity index (χ0n) is 11.8. The lowest BCUT2D eigenvalue weighted by molar-refractivity contribution is 0.0889. The number of carbonyl (C=O) groups excluding carboxylic acids is 1. The molecular weight excluding hydrogens is 246 g/mol. The van der Waals surface area contributed by atoms with Crippen LogP contribution in [0.25, 0.3) is 0 Å². The molecule has 0 aromatic carbocycles. The fourth-order valence-corrected chi connectivity index (χ4v) is 2.70. The van der Waals surface area contributed by atoms with Gasteiger partial charge in [-0.1, -0.05) is 20.8 Å². The molecule has 0 radical (unpaired) electrons. The average molecular weight is 269 g/mol. The van der Waals surface area contributed by atoms with E-state index in [1.165, 1.54) is 16.2 Å². The van der Waals surface area contributed by atoms with E-state index >= 15 is 0 Å². The lowest BCUT2D eigenvalue weighted by Crippen LogP contribution is -2.44. The van der Waals surface area contributed by atoms with Crippen molar-refractivity contribution in [3.05, 3.63) is 21.4 Å². The molecule has 1 rings (SSSR count). The first-order valence-corrected chi connectivity index (χ1v) is 7.06. The predicted octanol–water partition coefficient (Wildman–Crippen LogP) is 2.89. The van der Waals surface area contributed by atoms with Crippen LogP contribution in [0.5, 0.6) is 0 Å². The van der Waals surface area contributed by atoms with E-state index in [0.717, 1.165) is 10.4 Å². The van der Waals surface area contributed by atoms with Crippen molar-refractivity contribution >= 4 is 17.2 Å². The first kappa shape index (κ1) is 15.2. The van der Waals surface area contributed by atoms with Crippen molar-refractivity contribution in [2.45, 2.75) is 47.1 Å². The number of amides is 1. The third-order valence-corrected chi connectivity index (χ3v) is 4.31. The van der Waals surface area contributed by atoms with E-state index in [1.54, 1.807) is 0 Å². The second-order valence-electron chi connectivity index (χ2n) is 5.75. The van der Waals surface area contributed by atoms with Crippen LogP contribution in [0.15, 0.2) is 6.07 Å². The van der Waals surface area contributed by atoms with E-state index < -0.39 is 0 Å². The summed E-state index contributed by atoms with van der Waals surface area (Å²) in [6.07, 6.45) is 0.582. The van der Waals surface area contributed by atoms with Crippen LogP contribution in [0, 0.1) is 19.3 Å². The number of nitrogens with one attached hydrogen (secondary N) is 1. The Balaban J connectivity index is 2.78. The monoisotopic (exact) mass is 269 g/mol. The van der Waals surface area contributed by atoms with Crippen LogP contribution < -0.4 is 5.32 Å². The minimum atomic E-state index is -0.0558. The molecule has 0 aliphatic heterocycles. The number of hydrogen-bond acceptors (Lipinski definition) is 3. The van der Waals surface area contributed by atoms with Gasteiger partial charge in [0.2, 0.25) is 0 Å². The first-order chi connectivity index (χ1) is 8.25. The van der Waals surface area contributed by atoms with Crippen LogP contribution in [-0.4, -0.2) is 23.7 Å². The first-order valence-electron chi connectivity index (χ1n) is 6.24. The van der Waals surface area contributed by atoms with Crippen molar-refractivity contribution in [3.63, 3.8) is 0 Å². The molecule has 1 aromatic heterocycles. The standard InChI is InChI=1S/C14H23NO2S/c1-9-8-11(18-10(9)2)13(17)15-12(6-7-16)14(3,4)5/h8,12,16H,6-7H2,1-5H3,(H,15,17). The van der Waals surface area contributed by atoms with Crippen molar-refractivity contribution in [2.75, 3.05) is 6.61 Å². The van der Waals surface area contributed by atoms with Gasteiger partial charge in [0.1, 0.15) is 0 Å². The quantitative estimate of drug-likeness (QED) is 0.883. The van der Waals surface area contributed by atoms with E-state index in [9.17, 15) is 4.79 Å². The molecule has 0 spiro atoms. The Morgan fingerprint density at radius 2 is 2.06 bits per heavy atom. The largest absolute Gasteiger partial charge is 0.396 e. The highest BCUT2D eigenvalue weighted by Crippen LogP contribution is 2.24. The van der Waals surface area contributed by atoms with E-state index in [4.69, 9.17) is 5.11 Å². The molecule has 2 N–H and O–H groups in total. The van der Waals surface area contributed by atoms with Crippen molar-refractivity contribution < 1.29 is 9.90 Å². The lowest BCUT2D eigenvalue weighted by atomic mass is 9.85. The van der Waals surface area contributed by atoms with Gasteiger partial charge in [-0.2, -0.15) is 0 Å². The molecule has 102 valence electrons. The highest BCUT2D eigenvalue weighted by molar-refractivity contribution is 7.14. The molecule has 0 aliphatic rings. The summed E-state index contributed by atoms with van der Waals surface area (Å²) >= 11 is 1.52. The second-order valence-corrected chi connectivity index (χ2v) is 7.01. The summed E-state index contributed by atoms with van der Waals surface area (Å²) in [5.74, 6) is -0.0374. The van der Waals surface area contributed by atoms with Gasteiger partial charge in [0, 0.05) is 17.5 Å². The zero-order valence-corrected chi connectivity index (χ0v) is 12.6. The maximum absolute atomic E-state index is 12.2. The maximum atomic E-state index is 12.2. The molecule has 0 saturated heterocycles. The van der Waals surface area contributed by atoms with Crippen LogP contribution in [-0.2, 0) is 0 Å². The summed E-state index contributed by atoms with van der Waals surface area (Å²) in [4.78, 5) is 14.1. The molecule has 1 amide bonds. The molecule has 18 heavy (non-hydrogen) atoms. The maximum Gasteiger partial charge on any atom is 0.261 e. The Bertz CT molecular complexity index is 398. The topological polar surface area (TPSA) is 49.3 Å². The van der Waals surface area contributed by atoms with Gasteiger partial charge in [0.25, 0.3) is 5.91 Å². The smallest absolute Gasteiger partial charge is 0.261 e.